The molecule has 0 fully saturated rings. The van der Waals surface area contributed by atoms with E-state index in [0.29, 0.717) is 6.04 Å². The molecule has 2 atom stereocenters. The second-order valence-corrected chi connectivity index (χ2v) is 4.23. The largest absolute Gasteiger partial charge is 0.380 e. The first-order valence-corrected chi connectivity index (χ1v) is 5.91. The SMILES string of the molecule is CCCNC(Cc1cnn(C)c1)C(C)OC. The fourth-order valence-electron chi connectivity index (χ4n) is 1.73. The summed E-state index contributed by atoms with van der Waals surface area (Å²) in [5.74, 6) is 0. The van der Waals surface area contributed by atoms with Crippen molar-refractivity contribution in [2.75, 3.05) is 13.7 Å². The van der Waals surface area contributed by atoms with Gasteiger partial charge in [-0.2, -0.15) is 5.10 Å². The van der Waals surface area contributed by atoms with Crippen LogP contribution < -0.4 is 5.32 Å². The van der Waals surface area contributed by atoms with Crippen molar-refractivity contribution < 1.29 is 4.74 Å². The van der Waals surface area contributed by atoms with Crippen LogP contribution in [0.15, 0.2) is 12.4 Å². The highest BCUT2D eigenvalue weighted by atomic mass is 16.5. The number of methoxy groups -OCH3 is 1. The molecular weight excluding hydrogens is 202 g/mol. The minimum Gasteiger partial charge on any atom is -0.380 e. The summed E-state index contributed by atoms with van der Waals surface area (Å²) in [7, 11) is 3.70. The molecule has 1 aromatic rings. The normalized spacial score (nSPS) is 15.0. The number of nitrogens with zero attached hydrogens (tertiary/aromatic N) is 2. The van der Waals surface area contributed by atoms with Crippen molar-refractivity contribution in [3.05, 3.63) is 18.0 Å². The molecule has 0 aliphatic rings. The monoisotopic (exact) mass is 225 g/mol. The number of aryl methyl sites for hydroxylation is 1. The predicted molar refractivity (Wildman–Crippen MR) is 65.5 cm³/mol. The minimum atomic E-state index is 0.215. The molecule has 16 heavy (non-hydrogen) atoms. The Labute approximate surface area is 98.0 Å². The van der Waals surface area contributed by atoms with E-state index in [-0.39, 0.29) is 6.10 Å². The van der Waals surface area contributed by atoms with Crippen LogP contribution in [0.2, 0.25) is 0 Å². The van der Waals surface area contributed by atoms with Gasteiger partial charge in [-0.15, -0.1) is 0 Å². The predicted octanol–water partition coefficient (Wildman–Crippen LogP) is 1.37. The van der Waals surface area contributed by atoms with Crippen molar-refractivity contribution in [1.29, 1.82) is 0 Å². The topological polar surface area (TPSA) is 39.1 Å². The lowest BCUT2D eigenvalue weighted by atomic mass is 10.0. The Kier molecular flexibility index (Phi) is 5.49. The third-order valence-electron chi connectivity index (χ3n) is 2.81. The van der Waals surface area contributed by atoms with Gasteiger partial charge in [-0.3, -0.25) is 4.68 Å². The molecule has 0 aliphatic heterocycles. The second kappa shape index (κ2) is 6.66. The smallest absolute Gasteiger partial charge is 0.0699 e. The highest BCUT2D eigenvalue weighted by Gasteiger charge is 2.17. The Morgan fingerprint density at radius 1 is 1.56 bits per heavy atom. The molecule has 0 bridgehead atoms. The van der Waals surface area contributed by atoms with Crippen LogP contribution in [-0.2, 0) is 18.2 Å². The summed E-state index contributed by atoms with van der Waals surface area (Å²) in [6, 6.07) is 0.356. The van der Waals surface area contributed by atoms with E-state index in [2.05, 4.69) is 30.5 Å². The van der Waals surface area contributed by atoms with Crippen LogP contribution in [0.1, 0.15) is 25.8 Å². The quantitative estimate of drug-likeness (QED) is 0.761. The molecule has 1 heterocycles. The van der Waals surface area contributed by atoms with Crippen molar-refractivity contribution in [1.82, 2.24) is 15.1 Å². The molecule has 92 valence electrons. The van der Waals surface area contributed by atoms with Crippen LogP contribution in [0.3, 0.4) is 0 Å². The summed E-state index contributed by atoms with van der Waals surface area (Å²) in [6.07, 6.45) is 6.29. The summed E-state index contributed by atoms with van der Waals surface area (Å²) >= 11 is 0. The lowest BCUT2D eigenvalue weighted by Gasteiger charge is -2.23. The second-order valence-electron chi connectivity index (χ2n) is 4.23. The summed E-state index contributed by atoms with van der Waals surface area (Å²) in [5.41, 5.74) is 1.25. The molecule has 0 spiro atoms. The van der Waals surface area contributed by atoms with E-state index >= 15 is 0 Å². The number of nitrogens with one attached hydrogen (secondary N) is 1. The Bertz CT molecular complexity index is 298. The lowest BCUT2D eigenvalue weighted by Crippen LogP contribution is -2.41. The van der Waals surface area contributed by atoms with Gasteiger partial charge in [-0.25, -0.2) is 0 Å². The Morgan fingerprint density at radius 3 is 2.81 bits per heavy atom. The fourth-order valence-corrected chi connectivity index (χ4v) is 1.73. The van der Waals surface area contributed by atoms with Gasteiger partial charge in [0, 0.05) is 26.4 Å². The summed E-state index contributed by atoms with van der Waals surface area (Å²) in [4.78, 5) is 0. The van der Waals surface area contributed by atoms with E-state index in [4.69, 9.17) is 4.74 Å². The van der Waals surface area contributed by atoms with E-state index in [1.807, 2.05) is 17.9 Å². The van der Waals surface area contributed by atoms with Gasteiger partial charge in [0.25, 0.3) is 0 Å². The first kappa shape index (κ1) is 13.2. The molecule has 4 heteroatoms. The molecule has 0 radical (unpaired) electrons. The van der Waals surface area contributed by atoms with Crippen molar-refractivity contribution in [3.8, 4) is 0 Å². The standard InChI is InChI=1S/C12H23N3O/c1-5-6-13-12(10(2)16-4)7-11-8-14-15(3)9-11/h8-10,12-13H,5-7H2,1-4H3. The molecule has 1 N–H and O–H groups in total. The van der Waals surface area contributed by atoms with Crippen molar-refractivity contribution in [2.24, 2.45) is 7.05 Å². The number of aromatic nitrogens is 2. The zero-order valence-electron chi connectivity index (χ0n) is 10.7. The first-order valence-electron chi connectivity index (χ1n) is 5.91. The van der Waals surface area contributed by atoms with Gasteiger partial charge in [-0.1, -0.05) is 6.92 Å². The highest BCUT2D eigenvalue weighted by molar-refractivity contribution is 5.06. The van der Waals surface area contributed by atoms with Crippen LogP contribution in [-0.4, -0.2) is 35.6 Å². The van der Waals surface area contributed by atoms with E-state index in [1.54, 1.807) is 7.11 Å². The van der Waals surface area contributed by atoms with E-state index < -0.39 is 0 Å². The Morgan fingerprint density at radius 2 is 2.31 bits per heavy atom. The molecule has 2 unspecified atom stereocenters. The number of ether oxygens (including phenoxy) is 1. The molecule has 0 saturated heterocycles. The van der Waals surface area contributed by atoms with Crippen LogP contribution in [0, 0.1) is 0 Å². The van der Waals surface area contributed by atoms with Crippen LogP contribution in [0.5, 0.6) is 0 Å². The molecule has 4 nitrogen and oxygen atoms in total. The van der Waals surface area contributed by atoms with E-state index in [0.717, 1.165) is 19.4 Å². The van der Waals surface area contributed by atoms with Gasteiger partial charge in [0.1, 0.15) is 0 Å². The van der Waals surface area contributed by atoms with Crippen LogP contribution >= 0.6 is 0 Å². The number of rotatable bonds is 7. The van der Waals surface area contributed by atoms with Crippen molar-refractivity contribution >= 4 is 0 Å². The van der Waals surface area contributed by atoms with Gasteiger partial charge in [-0.05, 0) is 31.9 Å². The van der Waals surface area contributed by atoms with Gasteiger partial charge in [0.05, 0.1) is 12.3 Å². The van der Waals surface area contributed by atoms with Crippen LogP contribution in [0.25, 0.3) is 0 Å². The molecule has 0 saturated carbocycles. The summed E-state index contributed by atoms with van der Waals surface area (Å²) in [6.45, 7) is 5.30. The third-order valence-corrected chi connectivity index (χ3v) is 2.81. The average Bonchev–Trinajstić information content (AvgIpc) is 2.69. The number of hydrogen-bond donors (Lipinski definition) is 1. The van der Waals surface area contributed by atoms with Crippen molar-refractivity contribution in [3.63, 3.8) is 0 Å². The van der Waals surface area contributed by atoms with Gasteiger partial charge >= 0.3 is 0 Å². The van der Waals surface area contributed by atoms with Gasteiger partial charge < -0.3 is 10.1 Å². The van der Waals surface area contributed by atoms with Gasteiger partial charge in [0.2, 0.25) is 0 Å². The Hall–Kier alpha value is -0.870. The summed E-state index contributed by atoms with van der Waals surface area (Å²) < 4.78 is 7.24. The summed E-state index contributed by atoms with van der Waals surface area (Å²) in [5, 5.41) is 7.70. The Balaban J connectivity index is 2.55. The highest BCUT2D eigenvalue weighted by Crippen LogP contribution is 2.07. The zero-order chi connectivity index (χ0) is 12.0. The molecule has 0 aliphatic carbocycles. The maximum Gasteiger partial charge on any atom is 0.0699 e. The number of hydrogen-bond acceptors (Lipinski definition) is 3. The lowest BCUT2D eigenvalue weighted by molar-refractivity contribution is 0.0831. The molecular formula is C12H23N3O. The minimum absolute atomic E-state index is 0.215. The molecule has 0 aromatic carbocycles. The van der Waals surface area contributed by atoms with Crippen LogP contribution in [0.4, 0.5) is 0 Å². The maximum absolute atomic E-state index is 5.40. The maximum atomic E-state index is 5.40. The molecule has 0 amide bonds. The van der Waals surface area contributed by atoms with Crippen molar-refractivity contribution in [2.45, 2.75) is 38.8 Å². The fraction of sp³-hybridized carbons (Fsp3) is 0.750. The molecule has 1 rings (SSSR count). The first-order chi connectivity index (χ1) is 7.67. The zero-order valence-corrected chi connectivity index (χ0v) is 10.7. The van der Waals surface area contributed by atoms with E-state index in [9.17, 15) is 0 Å². The third kappa shape index (κ3) is 3.94. The van der Waals surface area contributed by atoms with E-state index in [1.165, 1.54) is 5.56 Å². The average molecular weight is 225 g/mol. The van der Waals surface area contributed by atoms with Gasteiger partial charge in [0.15, 0.2) is 0 Å². The molecule has 1 aromatic heterocycles.